The molecule has 0 atom stereocenters. The van der Waals surface area contributed by atoms with Crippen LogP contribution in [0.15, 0.2) is 140 Å². The van der Waals surface area contributed by atoms with Crippen molar-refractivity contribution in [3.05, 3.63) is 140 Å². The Morgan fingerprint density at radius 3 is 1.88 bits per heavy atom. The van der Waals surface area contributed by atoms with Gasteiger partial charge in [-0.1, -0.05) is 91.0 Å². The van der Waals surface area contributed by atoms with Crippen LogP contribution in [0.2, 0.25) is 0 Å². The van der Waals surface area contributed by atoms with E-state index in [0.717, 1.165) is 28.6 Å². The van der Waals surface area contributed by atoms with Gasteiger partial charge in [0.2, 0.25) is 0 Å². The molecule has 40 heavy (non-hydrogen) atoms. The molecule has 4 heteroatoms. The van der Waals surface area contributed by atoms with Crippen molar-refractivity contribution in [1.82, 2.24) is 4.57 Å². The molecule has 0 radical (unpaired) electrons. The van der Waals surface area contributed by atoms with E-state index in [2.05, 4.69) is 149 Å². The summed E-state index contributed by atoms with van der Waals surface area (Å²) in [5.41, 5.74) is 10.8. The van der Waals surface area contributed by atoms with Gasteiger partial charge in [0.1, 0.15) is 11.5 Å². The van der Waals surface area contributed by atoms with Gasteiger partial charge in [0, 0.05) is 33.4 Å². The van der Waals surface area contributed by atoms with Crippen LogP contribution in [0.25, 0.3) is 27.5 Å². The van der Waals surface area contributed by atoms with E-state index >= 15 is 0 Å². The summed E-state index contributed by atoms with van der Waals surface area (Å²) in [5, 5.41) is 2.52. The Kier molecular flexibility index (Phi) is 4.41. The lowest BCUT2D eigenvalue weighted by atomic mass is 9.34. The quantitative estimate of drug-likeness (QED) is 0.234. The van der Waals surface area contributed by atoms with E-state index in [9.17, 15) is 0 Å². The van der Waals surface area contributed by atoms with Crippen molar-refractivity contribution >= 4 is 62.0 Å². The Morgan fingerprint density at radius 1 is 0.500 bits per heavy atom. The second-order valence-electron chi connectivity index (χ2n) is 10.5. The summed E-state index contributed by atoms with van der Waals surface area (Å²) in [6.45, 7) is 0.125. The van der Waals surface area contributed by atoms with Crippen LogP contribution < -0.4 is 26.0 Å². The SMILES string of the molecule is c1ccc(N(c2ccccc2)c2cccc3c4cccc5c4n(c23)-c2cccc3c2B5c2ccccc2O3)cc1. The number of aromatic nitrogens is 1. The lowest BCUT2D eigenvalue weighted by molar-refractivity contribution is 0.487. The molecule has 1 aromatic heterocycles. The Hall–Kier alpha value is -5.22. The van der Waals surface area contributed by atoms with Crippen molar-refractivity contribution in [2.75, 3.05) is 4.90 Å². The predicted molar refractivity (Wildman–Crippen MR) is 167 cm³/mol. The average molecular weight is 510 g/mol. The fourth-order valence-electron chi connectivity index (χ4n) is 6.87. The van der Waals surface area contributed by atoms with Gasteiger partial charge in [-0.05, 0) is 64.9 Å². The van der Waals surface area contributed by atoms with E-state index in [-0.39, 0.29) is 6.71 Å². The van der Waals surface area contributed by atoms with Gasteiger partial charge in [0.05, 0.1) is 11.2 Å². The molecule has 7 aromatic rings. The van der Waals surface area contributed by atoms with Crippen molar-refractivity contribution in [2.45, 2.75) is 0 Å². The van der Waals surface area contributed by atoms with Crippen LogP contribution in [0.1, 0.15) is 0 Å². The Morgan fingerprint density at radius 2 is 1.10 bits per heavy atom. The molecular formula is C36H23BN2O. The number of nitrogens with zero attached hydrogens (tertiary/aromatic N) is 2. The Balaban J connectivity index is 1.44. The van der Waals surface area contributed by atoms with Gasteiger partial charge in [0.15, 0.2) is 0 Å². The van der Waals surface area contributed by atoms with Crippen LogP contribution in [0, 0.1) is 0 Å². The zero-order valence-electron chi connectivity index (χ0n) is 21.7. The number of hydrogen-bond donors (Lipinski definition) is 0. The third-order valence-corrected chi connectivity index (χ3v) is 8.42. The second-order valence-corrected chi connectivity index (χ2v) is 10.5. The zero-order chi connectivity index (χ0) is 26.2. The number of benzene rings is 6. The maximum absolute atomic E-state index is 6.52. The van der Waals surface area contributed by atoms with Crippen LogP contribution in [0.3, 0.4) is 0 Å². The third kappa shape index (κ3) is 2.85. The molecule has 186 valence electrons. The van der Waals surface area contributed by atoms with Gasteiger partial charge in [-0.15, -0.1) is 0 Å². The smallest absolute Gasteiger partial charge is 0.256 e. The maximum Gasteiger partial charge on any atom is 0.256 e. The molecule has 0 fully saturated rings. The fraction of sp³-hybridized carbons (Fsp3) is 0. The van der Waals surface area contributed by atoms with E-state index in [1.165, 1.54) is 43.9 Å². The lowest BCUT2D eigenvalue weighted by Crippen LogP contribution is -2.58. The second kappa shape index (κ2) is 8.14. The zero-order valence-corrected chi connectivity index (χ0v) is 21.7. The maximum atomic E-state index is 6.52. The molecular weight excluding hydrogens is 487 g/mol. The van der Waals surface area contributed by atoms with E-state index < -0.39 is 0 Å². The van der Waals surface area contributed by atoms with Crippen molar-refractivity contribution in [1.29, 1.82) is 0 Å². The van der Waals surface area contributed by atoms with Crippen molar-refractivity contribution in [3.63, 3.8) is 0 Å². The Labute approximate surface area is 232 Å². The van der Waals surface area contributed by atoms with Gasteiger partial charge in [0.25, 0.3) is 6.71 Å². The number of hydrogen-bond acceptors (Lipinski definition) is 2. The Bertz CT molecular complexity index is 2060. The molecule has 0 amide bonds. The van der Waals surface area contributed by atoms with Crippen molar-refractivity contribution in [2.24, 2.45) is 0 Å². The monoisotopic (exact) mass is 510 g/mol. The molecule has 2 aliphatic heterocycles. The third-order valence-electron chi connectivity index (χ3n) is 8.42. The molecule has 0 aliphatic carbocycles. The summed E-state index contributed by atoms with van der Waals surface area (Å²) >= 11 is 0. The number of fused-ring (bicyclic) bond motifs is 7. The standard InChI is InChI=1S/C36H23BN2O/c1-3-12-24(13-4-1)38(25-14-5-2-6-15-25)31-21-10-17-27-26-16-9-19-29-35(26)39(36(27)31)30-20-11-23-33-34(30)37(29)28-18-7-8-22-32(28)40-33/h1-23H. The highest BCUT2D eigenvalue weighted by molar-refractivity contribution is 6.99. The fourth-order valence-corrected chi connectivity index (χ4v) is 6.87. The highest BCUT2D eigenvalue weighted by Crippen LogP contribution is 2.44. The predicted octanol–water partition coefficient (Wildman–Crippen LogP) is 7.19. The molecule has 2 aliphatic rings. The molecule has 9 rings (SSSR count). The molecule has 6 aromatic carbocycles. The summed E-state index contributed by atoms with van der Waals surface area (Å²) in [5.74, 6) is 1.88. The minimum Gasteiger partial charge on any atom is -0.458 e. The first-order chi connectivity index (χ1) is 19.9. The number of rotatable bonds is 3. The molecule has 3 heterocycles. The average Bonchev–Trinajstić information content (AvgIpc) is 3.36. The molecule has 0 saturated heterocycles. The number of anilines is 3. The summed E-state index contributed by atoms with van der Waals surface area (Å²) < 4.78 is 9.00. The topological polar surface area (TPSA) is 17.4 Å². The van der Waals surface area contributed by atoms with Crippen LogP contribution in [-0.2, 0) is 0 Å². The largest absolute Gasteiger partial charge is 0.458 e. The molecule has 0 unspecified atom stereocenters. The molecule has 0 saturated carbocycles. The van der Waals surface area contributed by atoms with Gasteiger partial charge >= 0.3 is 0 Å². The first-order valence-electron chi connectivity index (χ1n) is 13.7. The highest BCUT2D eigenvalue weighted by atomic mass is 16.5. The minimum atomic E-state index is 0.125. The van der Waals surface area contributed by atoms with Gasteiger partial charge < -0.3 is 14.2 Å². The van der Waals surface area contributed by atoms with E-state index in [4.69, 9.17) is 4.74 Å². The van der Waals surface area contributed by atoms with Crippen LogP contribution in [0.5, 0.6) is 11.5 Å². The van der Waals surface area contributed by atoms with Crippen molar-refractivity contribution < 1.29 is 4.74 Å². The van der Waals surface area contributed by atoms with Gasteiger partial charge in [-0.2, -0.15) is 0 Å². The van der Waals surface area contributed by atoms with Crippen molar-refractivity contribution in [3.8, 4) is 17.2 Å². The normalized spacial score (nSPS) is 12.7. The number of para-hydroxylation sites is 5. The number of ether oxygens (including phenoxy) is 1. The summed E-state index contributed by atoms with van der Waals surface area (Å²) in [4.78, 5) is 2.37. The van der Waals surface area contributed by atoms with Crippen LogP contribution >= 0.6 is 0 Å². The van der Waals surface area contributed by atoms with E-state index in [0.29, 0.717) is 0 Å². The minimum absolute atomic E-state index is 0.125. The van der Waals surface area contributed by atoms with Crippen LogP contribution in [0.4, 0.5) is 17.1 Å². The lowest BCUT2D eigenvalue weighted by Gasteiger charge is -2.33. The van der Waals surface area contributed by atoms with E-state index in [1.54, 1.807) is 0 Å². The summed E-state index contributed by atoms with van der Waals surface area (Å²) in [6, 6.07) is 49.8. The molecule has 0 bridgehead atoms. The first-order valence-corrected chi connectivity index (χ1v) is 13.7. The van der Waals surface area contributed by atoms with Gasteiger partial charge in [-0.25, -0.2) is 0 Å². The highest BCUT2D eigenvalue weighted by Gasteiger charge is 2.40. The van der Waals surface area contributed by atoms with Crippen LogP contribution in [-0.4, -0.2) is 11.3 Å². The molecule has 3 nitrogen and oxygen atoms in total. The molecule has 0 N–H and O–H groups in total. The summed E-state index contributed by atoms with van der Waals surface area (Å²) in [7, 11) is 0. The van der Waals surface area contributed by atoms with Gasteiger partial charge in [-0.3, -0.25) is 0 Å². The van der Waals surface area contributed by atoms with E-state index in [1.807, 2.05) is 0 Å². The summed E-state index contributed by atoms with van der Waals surface area (Å²) in [6.07, 6.45) is 0. The first kappa shape index (κ1) is 21.7. The molecule has 0 spiro atoms.